The van der Waals surface area contributed by atoms with Gasteiger partial charge in [0.15, 0.2) is 0 Å². The Morgan fingerprint density at radius 2 is 1.89 bits per heavy atom. The van der Waals surface area contributed by atoms with Crippen molar-refractivity contribution < 1.29 is 0 Å². The molecular weight excluding hydrogens is 110 g/mol. The molecule has 0 radical (unpaired) electrons. The lowest BCUT2D eigenvalue weighted by Gasteiger charge is -2.15. The molecule has 0 rings (SSSR count). The van der Waals surface area contributed by atoms with Crippen molar-refractivity contribution in [2.45, 2.75) is 20.8 Å². The Bertz CT molecular complexity index is 94.7. The van der Waals surface area contributed by atoms with Crippen LogP contribution in [0.3, 0.4) is 0 Å². The monoisotopic (exact) mass is 127 g/mol. The summed E-state index contributed by atoms with van der Waals surface area (Å²) in [5, 5.41) is 0. The third-order valence-corrected chi connectivity index (χ3v) is 1.73. The van der Waals surface area contributed by atoms with Gasteiger partial charge >= 0.3 is 0 Å². The number of hydrogen-bond acceptors (Lipinski definition) is 1. The van der Waals surface area contributed by atoms with Gasteiger partial charge in [-0.3, -0.25) is 0 Å². The van der Waals surface area contributed by atoms with E-state index in [4.69, 9.17) is 5.73 Å². The number of nitrogens with two attached hydrogens (primary N) is 1. The summed E-state index contributed by atoms with van der Waals surface area (Å²) in [4.78, 5) is 0. The van der Waals surface area contributed by atoms with Crippen molar-refractivity contribution in [1.29, 1.82) is 0 Å². The summed E-state index contributed by atoms with van der Waals surface area (Å²) >= 11 is 0. The highest BCUT2D eigenvalue weighted by atomic mass is 14.5. The van der Waals surface area contributed by atoms with E-state index in [-0.39, 0.29) is 0 Å². The van der Waals surface area contributed by atoms with Gasteiger partial charge in [0.05, 0.1) is 0 Å². The molecule has 0 heterocycles. The molecule has 0 aromatic carbocycles. The van der Waals surface area contributed by atoms with E-state index in [9.17, 15) is 0 Å². The smallest absolute Gasteiger partial charge is 0.00142 e. The van der Waals surface area contributed by atoms with Crippen molar-refractivity contribution in [1.82, 2.24) is 0 Å². The zero-order chi connectivity index (χ0) is 7.44. The van der Waals surface area contributed by atoms with Crippen LogP contribution in [0.5, 0.6) is 0 Å². The van der Waals surface area contributed by atoms with E-state index in [0.717, 1.165) is 6.54 Å². The maximum Gasteiger partial charge on any atom is -0.00142 e. The largest absolute Gasteiger partial charge is 0.330 e. The molecule has 0 aliphatic heterocycles. The van der Waals surface area contributed by atoms with Crippen molar-refractivity contribution in [3.63, 3.8) is 0 Å². The van der Waals surface area contributed by atoms with Crippen molar-refractivity contribution in [2.75, 3.05) is 6.54 Å². The summed E-state index contributed by atoms with van der Waals surface area (Å²) in [5.41, 5.74) is 6.71. The van der Waals surface area contributed by atoms with Gasteiger partial charge in [0.2, 0.25) is 0 Å². The SMILES string of the molecule is C=C(C(C)C)C(C)CN. The van der Waals surface area contributed by atoms with Crippen LogP contribution in [0.1, 0.15) is 20.8 Å². The summed E-state index contributed by atoms with van der Waals surface area (Å²) in [5.74, 6) is 1.05. The van der Waals surface area contributed by atoms with Gasteiger partial charge in [-0.15, -0.1) is 0 Å². The molecule has 0 aromatic heterocycles. The molecule has 1 nitrogen and oxygen atoms in total. The van der Waals surface area contributed by atoms with E-state index >= 15 is 0 Å². The molecule has 0 fully saturated rings. The van der Waals surface area contributed by atoms with E-state index < -0.39 is 0 Å². The van der Waals surface area contributed by atoms with Gasteiger partial charge in [-0.05, 0) is 18.4 Å². The topological polar surface area (TPSA) is 26.0 Å². The molecule has 2 N–H and O–H groups in total. The Morgan fingerprint density at radius 3 is 2.00 bits per heavy atom. The third-order valence-electron chi connectivity index (χ3n) is 1.73. The van der Waals surface area contributed by atoms with Crippen LogP contribution < -0.4 is 5.73 Å². The Hall–Kier alpha value is -0.300. The standard InChI is InChI=1S/C8H17N/c1-6(2)8(4)7(3)5-9/h6-7H,4-5,9H2,1-3H3. The fourth-order valence-electron chi connectivity index (χ4n) is 0.720. The van der Waals surface area contributed by atoms with Gasteiger partial charge in [0, 0.05) is 0 Å². The van der Waals surface area contributed by atoms with Crippen LogP contribution in [-0.4, -0.2) is 6.54 Å². The molecule has 0 aliphatic rings. The number of hydrogen-bond donors (Lipinski definition) is 1. The molecule has 1 unspecified atom stereocenters. The van der Waals surface area contributed by atoms with Crippen LogP contribution in [-0.2, 0) is 0 Å². The molecular formula is C8H17N. The minimum absolute atomic E-state index is 0.477. The third kappa shape index (κ3) is 2.66. The molecule has 0 bridgehead atoms. The first kappa shape index (κ1) is 8.70. The van der Waals surface area contributed by atoms with Crippen LogP contribution in [0.25, 0.3) is 0 Å². The summed E-state index contributed by atoms with van der Waals surface area (Å²) in [6.07, 6.45) is 0. The van der Waals surface area contributed by atoms with Crippen LogP contribution in [0.2, 0.25) is 0 Å². The second-order valence-electron chi connectivity index (χ2n) is 2.87. The average Bonchev–Trinajstić information content (AvgIpc) is 1.84. The average molecular weight is 127 g/mol. The molecule has 54 valence electrons. The highest BCUT2D eigenvalue weighted by molar-refractivity contribution is 5.02. The van der Waals surface area contributed by atoms with E-state index in [2.05, 4.69) is 27.4 Å². The molecule has 1 atom stereocenters. The molecule has 0 saturated heterocycles. The quantitative estimate of drug-likeness (QED) is 0.575. The first-order valence-electron chi connectivity index (χ1n) is 3.48. The lowest BCUT2D eigenvalue weighted by Crippen LogP contribution is -2.15. The zero-order valence-corrected chi connectivity index (χ0v) is 6.65. The normalized spacial score (nSPS) is 13.9. The fourth-order valence-corrected chi connectivity index (χ4v) is 0.720. The molecule has 0 amide bonds. The van der Waals surface area contributed by atoms with Gasteiger partial charge in [0.25, 0.3) is 0 Å². The lowest BCUT2D eigenvalue weighted by molar-refractivity contribution is 0.595. The van der Waals surface area contributed by atoms with Crippen LogP contribution >= 0.6 is 0 Å². The molecule has 1 heteroatoms. The second-order valence-corrected chi connectivity index (χ2v) is 2.87. The predicted octanol–water partition coefficient (Wildman–Crippen LogP) is 1.79. The highest BCUT2D eigenvalue weighted by Gasteiger charge is 2.06. The molecule has 9 heavy (non-hydrogen) atoms. The van der Waals surface area contributed by atoms with Crippen LogP contribution in [0.4, 0.5) is 0 Å². The Morgan fingerprint density at radius 1 is 1.44 bits per heavy atom. The molecule has 0 spiro atoms. The van der Waals surface area contributed by atoms with Gasteiger partial charge in [0.1, 0.15) is 0 Å². The van der Waals surface area contributed by atoms with E-state index in [1.807, 2.05) is 0 Å². The zero-order valence-electron chi connectivity index (χ0n) is 6.65. The van der Waals surface area contributed by atoms with Crippen molar-refractivity contribution in [3.8, 4) is 0 Å². The van der Waals surface area contributed by atoms with Crippen molar-refractivity contribution in [3.05, 3.63) is 12.2 Å². The maximum atomic E-state index is 5.45. The molecule has 0 aromatic rings. The van der Waals surface area contributed by atoms with Crippen LogP contribution in [0.15, 0.2) is 12.2 Å². The van der Waals surface area contributed by atoms with Gasteiger partial charge < -0.3 is 5.73 Å². The van der Waals surface area contributed by atoms with Gasteiger partial charge in [-0.25, -0.2) is 0 Å². The van der Waals surface area contributed by atoms with Gasteiger partial charge in [-0.1, -0.05) is 32.9 Å². The summed E-state index contributed by atoms with van der Waals surface area (Å²) in [6, 6.07) is 0. The first-order valence-corrected chi connectivity index (χ1v) is 3.48. The van der Waals surface area contributed by atoms with Crippen molar-refractivity contribution in [2.24, 2.45) is 17.6 Å². The van der Waals surface area contributed by atoms with E-state index in [1.54, 1.807) is 0 Å². The Balaban J connectivity index is 3.73. The summed E-state index contributed by atoms with van der Waals surface area (Å²) < 4.78 is 0. The second kappa shape index (κ2) is 3.67. The minimum Gasteiger partial charge on any atom is -0.330 e. The van der Waals surface area contributed by atoms with Crippen molar-refractivity contribution >= 4 is 0 Å². The maximum absolute atomic E-state index is 5.45. The van der Waals surface area contributed by atoms with Gasteiger partial charge in [-0.2, -0.15) is 0 Å². The minimum atomic E-state index is 0.477. The van der Waals surface area contributed by atoms with E-state index in [0.29, 0.717) is 11.8 Å². The van der Waals surface area contributed by atoms with E-state index in [1.165, 1.54) is 5.57 Å². The summed E-state index contributed by atoms with van der Waals surface area (Å²) in [7, 11) is 0. The fraction of sp³-hybridized carbons (Fsp3) is 0.750. The first-order chi connectivity index (χ1) is 4.09. The summed E-state index contributed by atoms with van der Waals surface area (Å²) in [6.45, 7) is 11.1. The lowest BCUT2D eigenvalue weighted by atomic mass is 9.93. The Labute approximate surface area is 57.9 Å². The highest BCUT2D eigenvalue weighted by Crippen LogP contribution is 2.15. The molecule has 0 aliphatic carbocycles. The Kier molecular flexibility index (Phi) is 3.55. The number of rotatable bonds is 3. The predicted molar refractivity (Wildman–Crippen MR) is 42.2 cm³/mol. The van der Waals surface area contributed by atoms with Crippen LogP contribution in [0, 0.1) is 11.8 Å². The molecule has 0 saturated carbocycles.